The quantitative estimate of drug-likeness (QED) is 0.104. The summed E-state index contributed by atoms with van der Waals surface area (Å²) < 4.78 is 34.0. The Balaban J connectivity index is 1.45. The third-order valence-corrected chi connectivity index (χ3v) is 9.10. The Bertz CT molecular complexity index is 1870. The highest BCUT2D eigenvalue weighted by Gasteiger charge is 2.34. The second-order valence-corrected chi connectivity index (χ2v) is 18.3. The molecule has 2 heterocycles. The highest BCUT2D eigenvalue weighted by atomic mass is 16.7. The third kappa shape index (κ3) is 16.5. The van der Waals surface area contributed by atoms with Gasteiger partial charge in [-0.2, -0.15) is 0 Å². The van der Waals surface area contributed by atoms with Gasteiger partial charge in [0.1, 0.15) is 23.3 Å². The Kier molecular flexibility index (Phi) is 16.1. The molecule has 0 bridgehead atoms. The van der Waals surface area contributed by atoms with Crippen LogP contribution >= 0.6 is 0 Å². The summed E-state index contributed by atoms with van der Waals surface area (Å²) in [5.74, 6) is -1.08. The molecule has 0 fully saturated rings. The zero-order valence-corrected chi connectivity index (χ0v) is 37.3. The van der Waals surface area contributed by atoms with Crippen molar-refractivity contribution in [3.8, 4) is 23.0 Å². The predicted molar refractivity (Wildman–Crippen MR) is 227 cm³/mol. The maximum atomic E-state index is 14.2. The summed E-state index contributed by atoms with van der Waals surface area (Å²) in [4.78, 5) is 65.8. The van der Waals surface area contributed by atoms with E-state index in [1.807, 2.05) is 0 Å². The third-order valence-electron chi connectivity index (χ3n) is 9.10. The van der Waals surface area contributed by atoms with E-state index in [4.69, 9.17) is 34.2 Å². The summed E-state index contributed by atoms with van der Waals surface area (Å²) in [7, 11) is 0. The van der Waals surface area contributed by atoms with Crippen molar-refractivity contribution in [1.29, 1.82) is 0 Å². The van der Waals surface area contributed by atoms with Gasteiger partial charge in [-0.1, -0.05) is 12.1 Å². The number of carbonyl (C=O) groups excluding carboxylic acids is 5. The number of hydrogen-bond acceptors (Lipinski definition) is 12. The molecular weight excluding hydrogens is 789 g/mol. The zero-order chi connectivity index (χ0) is 45.2. The number of alkyl carbamates (subject to hydrolysis) is 2. The highest BCUT2D eigenvalue weighted by molar-refractivity contribution is 5.93. The molecule has 2 aromatic rings. The van der Waals surface area contributed by atoms with E-state index in [0.717, 1.165) is 5.56 Å². The molecule has 17 heteroatoms. The van der Waals surface area contributed by atoms with Gasteiger partial charge in [0.05, 0.1) is 6.04 Å². The summed E-state index contributed by atoms with van der Waals surface area (Å²) in [5.41, 5.74) is 6.57. The molecule has 2 aliphatic heterocycles. The first-order valence-corrected chi connectivity index (χ1v) is 21.0. The van der Waals surface area contributed by atoms with Gasteiger partial charge in [-0.15, -0.1) is 0 Å². The van der Waals surface area contributed by atoms with Gasteiger partial charge in [0.25, 0.3) is 0 Å². The van der Waals surface area contributed by atoms with Crippen LogP contribution in [-0.2, 0) is 36.7 Å². The molecule has 338 valence electrons. The van der Waals surface area contributed by atoms with E-state index < -0.39 is 70.8 Å². The van der Waals surface area contributed by atoms with Crippen LogP contribution in [0.25, 0.3) is 0 Å². The van der Waals surface area contributed by atoms with E-state index in [0.29, 0.717) is 60.8 Å². The summed E-state index contributed by atoms with van der Waals surface area (Å²) in [6, 6.07) is 7.50. The van der Waals surface area contributed by atoms with Gasteiger partial charge in [-0.25, -0.2) is 9.59 Å². The fourth-order valence-electron chi connectivity index (χ4n) is 6.47. The largest absolute Gasteiger partial charge is 0.449 e. The maximum absolute atomic E-state index is 14.2. The fraction of sp³-hybridized carbons (Fsp3) is 0.614. The van der Waals surface area contributed by atoms with Crippen molar-refractivity contribution in [2.45, 2.75) is 155 Å². The highest BCUT2D eigenvalue weighted by Crippen LogP contribution is 2.40. The number of rotatable bonds is 19. The number of ether oxygens (including phenoxy) is 6. The minimum atomic E-state index is -1.08. The molecule has 0 saturated carbocycles. The van der Waals surface area contributed by atoms with E-state index >= 15 is 0 Å². The molecule has 0 unspecified atom stereocenters. The van der Waals surface area contributed by atoms with Crippen molar-refractivity contribution in [3.63, 3.8) is 0 Å². The first kappa shape index (κ1) is 48.2. The molecule has 0 aromatic heterocycles. The molecule has 0 radical (unpaired) electrons. The van der Waals surface area contributed by atoms with Crippen LogP contribution < -0.4 is 51.3 Å². The molecule has 7 N–H and O–H groups in total. The molecule has 5 amide bonds. The molecule has 2 aliphatic rings. The van der Waals surface area contributed by atoms with Crippen LogP contribution in [-0.4, -0.2) is 90.4 Å². The molecule has 61 heavy (non-hydrogen) atoms. The van der Waals surface area contributed by atoms with Gasteiger partial charge < -0.3 is 60.7 Å². The average Bonchev–Trinajstić information content (AvgIpc) is 3.61. The molecular formula is C44H66N6O11. The number of benzene rings is 2. The van der Waals surface area contributed by atoms with E-state index in [-0.39, 0.29) is 32.4 Å². The van der Waals surface area contributed by atoms with Gasteiger partial charge >= 0.3 is 12.2 Å². The Hall–Kier alpha value is -5.45. The standard InChI is InChI=1S/C44H66N6O11/c1-41(2,3)60-39(54)47-21-12-11-15-30(49-36(51)29(45)23-27-16-18-32-34(25-27)58-43(7,8)56-32)38(53)50-31(24-28-17-19-33-35(26-28)59-44(9,10)57-33)37(52)46-20-13-14-22-48-40(55)61-42(4,5)6/h16-19,25-26,29-31H,11-15,20-24,45H2,1-10H3,(H,46,52)(H,47,54)(H,48,55)(H,49,51)(H,50,53)/t29-,30-,31-/m0/s1. The van der Waals surface area contributed by atoms with Gasteiger partial charge in [0.2, 0.25) is 29.3 Å². The predicted octanol–water partition coefficient (Wildman–Crippen LogP) is 4.90. The molecule has 0 spiro atoms. The fourth-order valence-corrected chi connectivity index (χ4v) is 6.47. The second-order valence-electron chi connectivity index (χ2n) is 18.3. The van der Waals surface area contributed by atoms with Crippen LogP contribution in [0.4, 0.5) is 9.59 Å². The van der Waals surface area contributed by atoms with Crippen LogP contribution in [0.15, 0.2) is 36.4 Å². The van der Waals surface area contributed by atoms with Crippen molar-refractivity contribution in [2.24, 2.45) is 5.73 Å². The van der Waals surface area contributed by atoms with E-state index in [1.54, 1.807) is 106 Å². The topological polar surface area (TPSA) is 227 Å². The van der Waals surface area contributed by atoms with Crippen LogP contribution in [0, 0.1) is 0 Å². The van der Waals surface area contributed by atoms with Crippen LogP contribution in [0.3, 0.4) is 0 Å². The molecule has 3 atom stereocenters. The summed E-state index contributed by atoms with van der Waals surface area (Å²) >= 11 is 0. The van der Waals surface area contributed by atoms with Gasteiger partial charge in [-0.05, 0) is 115 Å². The lowest BCUT2D eigenvalue weighted by molar-refractivity contribution is -0.132. The van der Waals surface area contributed by atoms with Crippen LogP contribution in [0.1, 0.15) is 112 Å². The zero-order valence-electron chi connectivity index (χ0n) is 37.3. The van der Waals surface area contributed by atoms with E-state index in [1.165, 1.54) is 0 Å². The smallest absolute Gasteiger partial charge is 0.407 e. The van der Waals surface area contributed by atoms with Crippen molar-refractivity contribution in [1.82, 2.24) is 26.6 Å². The number of carbonyl (C=O) groups is 5. The Morgan fingerprint density at radius 3 is 1.49 bits per heavy atom. The van der Waals surface area contributed by atoms with Crippen LogP contribution in [0.2, 0.25) is 0 Å². The number of hydrogen-bond donors (Lipinski definition) is 6. The second kappa shape index (κ2) is 20.4. The van der Waals surface area contributed by atoms with Crippen molar-refractivity contribution in [2.75, 3.05) is 19.6 Å². The van der Waals surface area contributed by atoms with Gasteiger partial charge in [0.15, 0.2) is 23.0 Å². The molecule has 0 saturated heterocycles. The Morgan fingerprint density at radius 1 is 0.574 bits per heavy atom. The number of fused-ring (bicyclic) bond motifs is 2. The lowest BCUT2D eigenvalue weighted by atomic mass is 10.0. The Morgan fingerprint density at radius 2 is 1.00 bits per heavy atom. The van der Waals surface area contributed by atoms with Crippen molar-refractivity contribution >= 4 is 29.9 Å². The van der Waals surface area contributed by atoms with Crippen molar-refractivity contribution < 1.29 is 52.4 Å². The molecule has 0 aliphatic carbocycles. The first-order valence-electron chi connectivity index (χ1n) is 21.0. The summed E-state index contributed by atoms with van der Waals surface area (Å²) in [5, 5.41) is 14.0. The van der Waals surface area contributed by atoms with Gasteiger partial charge in [0, 0.05) is 53.8 Å². The van der Waals surface area contributed by atoms with E-state index in [9.17, 15) is 24.0 Å². The van der Waals surface area contributed by atoms with E-state index in [2.05, 4.69) is 26.6 Å². The normalized spacial score (nSPS) is 16.0. The lowest BCUT2D eigenvalue weighted by Crippen LogP contribution is -2.56. The monoisotopic (exact) mass is 854 g/mol. The van der Waals surface area contributed by atoms with Crippen molar-refractivity contribution in [3.05, 3.63) is 47.5 Å². The lowest BCUT2D eigenvalue weighted by Gasteiger charge is -2.25. The summed E-state index contributed by atoms with van der Waals surface area (Å²) in [6.07, 6.45) is 1.33. The SMILES string of the molecule is CC(C)(C)OC(=O)NCCCCNC(=O)[C@H](Cc1ccc2c(c1)OC(C)(C)O2)NC(=O)[C@H](CCCCNC(=O)OC(C)(C)C)NC(=O)[C@@H](N)Cc1ccc2c(c1)OC(C)(C)O2. The van der Waals surface area contributed by atoms with Crippen LogP contribution in [0.5, 0.6) is 23.0 Å². The first-order chi connectivity index (χ1) is 28.4. The average molecular weight is 855 g/mol. The number of amides is 5. The summed E-state index contributed by atoms with van der Waals surface area (Å²) in [6.45, 7) is 18.7. The number of unbranched alkanes of at least 4 members (excludes halogenated alkanes) is 2. The Labute approximate surface area is 359 Å². The minimum absolute atomic E-state index is 0.0930. The molecule has 2 aromatic carbocycles. The number of nitrogens with two attached hydrogens (primary N) is 1. The minimum Gasteiger partial charge on any atom is -0.449 e. The molecule has 4 rings (SSSR count). The maximum Gasteiger partial charge on any atom is 0.407 e. The molecule has 17 nitrogen and oxygen atoms in total. The van der Waals surface area contributed by atoms with Gasteiger partial charge in [-0.3, -0.25) is 14.4 Å². The number of nitrogens with one attached hydrogen (secondary N) is 5.